The van der Waals surface area contributed by atoms with Gasteiger partial charge in [-0.1, -0.05) is 48.5 Å². The maximum Gasteiger partial charge on any atom is 0.0547 e. The first-order valence-electron chi connectivity index (χ1n) is 8.10. The number of hydrogen-bond acceptors (Lipinski definition) is 1. The molecule has 2 nitrogen and oxygen atoms in total. The molecular weight excluding hydrogens is 292 g/mol. The predicted molar refractivity (Wildman–Crippen MR) is 103 cm³/mol. The minimum absolute atomic E-state index is 0.794. The molecule has 0 saturated heterocycles. The molecule has 0 bridgehead atoms. The second-order valence-corrected chi connectivity index (χ2v) is 6.13. The smallest absolute Gasteiger partial charge is 0.0547 e. The van der Waals surface area contributed by atoms with Crippen LogP contribution in [0.3, 0.4) is 0 Å². The molecule has 0 atom stereocenters. The van der Waals surface area contributed by atoms with Crippen molar-refractivity contribution in [1.82, 2.24) is 4.57 Å². The fourth-order valence-electron chi connectivity index (χ4n) is 3.66. The Balaban J connectivity index is 2.07. The van der Waals surface area contributed by atoms with Gasteiger partial charge < -0.3 is 10.3 Å². The Morgan fingerprint density at radius 2 is 1.38 bits per heavy atom. The van der Waals surface area contributed by atoms with E-state index >= 15 is 0 Å². The number of fused-ring (bicyclic) bond motifs is 5. The topological polar surface area (TPSA) is 30.9 Å². The lowest BCUT2D eigenvalue weighted by Gasteiger charge is -2.07. The average molecular weight is 308 g/mol. The molecule has 24 heavy (non-hydrogen) atoms. The number of nitrogen functional groups attached to an aromatic ring is 1. The number of nitrogens with zero attached hydrogens (tertiary/aromatic N) is 1. The Labute approximate surface area is 139 Å². The highest BCUT2D eigenvalue weighted by molar-refractivity contribution is 6.21. The van der Waals surface area contributed by atoms with Gasteiger partial charge in [-0.15, -0.1) is 0 Å². The van der Waals surface area contributed by atoms with Gasteiger partial charge in [0.15, 0.2) is 0 Å². The van der Waals surface area contributed by atoms with Crippen molar-refractivity contribution < 1.29 is 0 Å². The molecule has 5 rings (SSSR count). The van der Waals surface area contributed by atoms with Crippen molar-refractivity contribution >= 4 is 38.3 Å². The van der Waals surface area contributed by atoms with E-state index in [1.54, 1.807) is 0 Å². The van der Waals surface area contributed by atoms with Crippen molar-refractivity contribution in [3.63, 3.8) is 0 Å². The van der Waals surface area contributed by atoms with Gasteiger partial charge in [-0.05, 0) is 47.2 Å². The van der Waals surface area contributed by atoms with Crippen LogP contribution in [0.25, 0.3) is 38.3 Å². The molecular formula is C22H16N2. The number of hydrogen-bond donors (Lipinski definition) is 1. The summed E-state index contributed by atoms with van der Waals surface area (Å²) in [4.78, 5) is 0. The summed E-state index contributed by atoms with van der Waals surface area (Å²) in [6.45, 7) is 0. The Bertz CT molecular complexity index is 1200. The van der Waals surface area contributed by atoms with Gasteiger partial charge in [0.2, 0.25) is 0 Å². The first kappa shape index (κ1) is 13.2. The van der Waals surface area contributed by atoms with Gasteiger partial charge in [0.1, 0.15) is 0 Å². The lowest BCUT2D eigenvalue weighted by Crippen LogP contribution is -1.93. The van der Waals surface area contributed by atoms with Crippen molar-refractivity contribution in [1.29, 1.82) is 0 Å². The number of aromatic nitrogens is 1. The molecule has 0 unspecified atom stereocenters. The number of rotatable bonds is 1. The van der Waals surface area contributed by atoms with E-state index in [0.717, 1.165) is 11.4 Å². The first-order chi connectivity index (χ1) is 11.8. The third-order valence-corrected chi connectivity index (χ3v) is 4.69. The molecule has 0 spiro atoms. The van der Waals surface area contributed by atoms with Gasteiger partial charge in [0.25, 0.3) is 0 Å². The Morgan fingerprint density at radius 1 is 0.625 bits per heavy atom. The summed E-state index contributed by atoms with van der Waals surface area (Å²) in [5, 5.41) is 4.98. The first-order valence-corrected chi connectivity index (χ1v) is 8.10. The van der Waals surface area contributed by atoms with Gasteiger partial charge in [-0.3, -0.25) is 0 Å². The van der Waals surface area contributed by atoms with Crippen molar-refractivity contribution in [2.24, 2.45) is 0 Å². The SMILES string of the molecule is Nc1ccc2c(c1)c1c3ccccc3ccc1n2-c1ccccc1. The van der Waals surface area contributed by atoms with Crippen LogP contribution in [0.1, 0.15) is 0 Å². The number of anilines is 1. The molecule has 0 aliphatic heterocycles. The normalized spacial score (nSPS) is 11.5. The van der Waals surface area contributed by atoms with Gasteiger partial charge in [0, 0.05) is 22.1 Å². The third kappa shape index (κ3) is 1.77. The van der Waals surface area contributed by atoms with Gasteiger partial charge in [-0.25, -0.2) is 0 Å². The molecule has 114 valence electrons. The second-order valence-electron chi connectivity index (χ2n) is 6.13. The molecule has 2 N–H and O–H groups in total. The maximum atomic E-state index is 6.10. The maximum absolute atomic E-state index is 6.10. The highest BCUT2D eigenvalue weighted by Gasteiger charge is 2.14. The van der Waals surface area contributed by atoms with Crippen LogP contribution in [0.2, 0.25) is 0 Å². The minimum Gasteiger partial charge on any atom is -0.399 e. The predicted octanol–water partition coefficient (Wildman–Crippen LogP) is 5.52. The summed E-state index contributed by atoms with van der Waals surface area (Å²) in [5.74, 6) is 0. The van der Waals surface area contributed by atoms with E-state index < -0.39 is 0 Å². The van der Waals surface area contributed by atoms with E-state index in [2.05, 4.69) is 77.4 Å². The van der Waals surface area contributed by atoms with E-state index in [1.807, 2.05) is 12.1 Å². The molecule has 0 radical (unpaired) electrons. The van der Waals surface area contributed by atoms with E-state index in [4.69, 9.17) is 5.73 Å². The molecule has 2 heteroatoms. The lowest BCUT2D eigenvalue weighted by molar-refractivity contribution is 1.18. The van der Waals surface area contributed by atoms with Crippen LogP contribution in [0.15, 0.2) is 84.9 Å². The molecule has 4 aromatic carbocycles. The van der Waals surface area contributed by atoms with Crippen LogP contribution < -0.4 is 5.73 Å². The summed E-state index contributed by atoms with van der Waals surface area (Å²) < 4.78 is 2.32. The zero-order valence-electron chi connectivity index (χ0n) is 13.1. The molecule has 0 fully saturated rings. The summed E-state index contributed by atoms with van der Waals surface area (Å²) in [6, 6.07) is 29.6. The number of nitrogens with two attached hydrogens (primary N) is 1. The van der Waals surface area contributed by atoms with Crippen LogP contribution in [0, 0.1) is 0 Å². The standard InChI is InChI=1S/C22H16N2/c23-16-11-13-20-19(14-16)22-18-9-5-4-6-15(18)10-12-21(22)24(20)17-7-2-1-3-8-17/h1-14H,23H2. The largest absolute Gasteiger partial charge is 0.399 e. The van der Waals surface area contributed by atoms with Crippen molar-refractivity contribution in [2.45, 2.75) is 0 Å². The quantitative estimate of drug-likeness (QED) is 0.406. The van der Waals surface area contributed by atoms with E-state index in [9.17, 15) is 0 Å². The molecule has 0 aliphatic carbocycles. The molecule has 0 aliphatic rings. The average Bonchev–Trinajstić information content (AvgIpc) is 2.96. The molecule has 1 aromatic heterocycles. The molecule has 0 amide bonds. The Kier molecular flexibility index (Phi) is 2.68. The fourth-order valence-corrected chi connectivity index (χ4v) is 3.66. The monoisotopic (exact) mass is 308 g/mol. The second kappa shape index (κ2) is 4.87. The van der Waals surface area contributed by atoms with Gasteiger partial charge in [0.05, 0.1) is 11.0 Å². The number of benzene rings is 4. The fraction of sp³-hybridized carbons (Fsp3) is 0. The van der Waals surface area contributed by atoms with Crippen LogP contribution in [0.4, 0.5) is 5.69 Å². The highest BCUT2D eigenvalue weighted by atomic mass is 15.0. The van der Waals surface area contributed by atoms with Crippen molar-refractivity contribution in [3.05, 3.63) is 84.9 Å². The van der Waals surface area contributed by atoms with E-state index in [1.165, 1.54) is 32.6 Å². The Hall–Kier alpha value is -3.26. The van der Waals surface area contributed by atoms with Gasteiger partial charge >= 0.3 is 0 Å². The van der Waals surface area contributed by atoms with E-state index in [-0.39, 0.29) is 0 Å². The molecule has 0 saturated carbocycles. The van der Waals surface area contributed by atoms with Crippen LogP contribution in [-0.4, -0.2) is 4.57 Å². The molecule has 1 heterocycles. The summed E-state index contributed by atoms with van der Waals surface area (Å²) in [6.07, 6.45) is 0. The zero-order chi connectivity index (χ0) is 16.1. The number of para-hydroxylation sites is 1. The van der Waals surface area contributed by atoms with Crippen molar-refractivity contribution in [3.8, 4) is 5.69 Å². The van der Waals surface area contributed by atoms with Gasteiger partial charge in [-0.2, -0.15) is 0 Å². The van der Waals surface area contributed by atoms with Crippen LogP contribution >= 0.6 is 0 Å². The van der Waals surface area contributed by atoms with Crippen LogP contribution in [0.5, 0.6) is 0 Å². The zero-order valence-corrected chi connectivity index (χ0v) is 13.1. The summed E-state index contributed by atoms with van der Waals surface area (Å²) in [5.41, 5.74) is 10.4. The third-order valence-electron chi connectivity index (χ3n) is 4.69. The highest BCUT2D eigenvalue weighted by Crippen LogP contribution is 2.37. The molecule has 5 aromatic rings. The Morgan fingerprint density at radius 3 is 2.25 bits per heavy atom. The van der Waals surface area contributed by atoms with Crippen molar-refractivity contribution in [2.75, 3.05) is 5.73 Å². The summed E-state index contributed by atoms with van der Waals surface area (Å²) in [7, 11) is 0. The lowest BCUT2D eigenvalue weighted by atomic mass is 10.0. The summed E-state index contributed by atoms with van der Waals surface area (Å²) >= 11 is 0. The van der Waals surface area contributed by atoms with E-state index in [0.29, 0.717) is 0 Å². The minimum atomic E-state index is 0.794. The van der Waals surface area contributed by atoms with Crippen LogP contribution in [-0.2, 0) is 0 Å².